The Labute approximate surface area is 35.9 Å². The van der Waals surface area contributed by atoms with E-state index in [1.807, 2.05) is 0 Å². The second kappa shape index (κ2) is 2.50. The minimum atomic E-state index is -0.352. The molecule has 1 amide bonds. The number of nitrogens with one attached hydrogen (secondary N) is 1. The summed E-state index contributed by atoms with van der Waals surface area (Å²) in [5.41, 5.74) is 7.74. The molecular weight excluding hydrogens is 80.0 g/mol. The Balaban J connectivity index is 3.23. The van der Waals surface area contributed by atoms with Crippen LogP contribution in [0.1, 0.15) is 13.3 Å². The Hall–Kier alpha value is -0.730. The van der Waals surface area contributed by atoms with Crippen molar-refractivity contribution in [3.8, 4) is 0 Å². The van der Waals surface area contributed by atoms with E-state index in [-0.39, 0.29) is 5.91 Å². The summed E-state index contributed by atoms with van der Waals surface area (Å²) in [6.07, 6.45) is 0.330. The van der Waals surface area contributed by atoms with Crippen LogP contribution in [0.5, 0.6) is 0 Å². The lowest BCUT2D eigenvalue weighted by molar-refractivity contribution is -0.398. The van der Waals surface area contributed by atoms with Gasteiger partial charge in [-0.15, -0.1) is 0 Å². The Kier molecular flexibility index (Phi) is 2.20. The van der Waals surface area contributed by atoms with E-state index < -0.39 is 0 Å². The standard InChI is InChI=1S/C3H6N2O/c1-2-3(6)5-4/h5H,2H2,1H3. The van der Waals surface area contributed by atoms with Gasteiger partial charge in [0.1, 0.15) is 0 Å². The quantitative estimate of drug-likeness (QED) is 0.410. The first-order valence-corrected chi connectivity index (χ1v) is 1.74. The molecule has 0 atom stereocenters. The summed E-state index contributed by atoms with van der Waals surface area (Å²) in [7, 11) is 0. The maximum atomic E-state index is 9.82. The van der Waals surface area contributed by atoms with Crippen LogP contribution in [0.25, 0.3) is 5.53 Å². The molecule has 0 aromatic carbocycles. The Morgan fingerprint density at radius 2 is 2.50 bits per heavy atom. The molecule has 34 valence electrons. The SMILES string of the molecule is CCC(=O)[NH+]=[N-]. The Bertz CT molecular complexity index is 69.2. The third-order valence-corrected chi connectivity index (χ3v) is 0.446. The number of rotatable bonds is 1. The minimum absolute atomic E-state index is 0.330. The lowest BCUT2D eigenvalue weighted by atomic mass is 10.5. The second-order valence-electron chi connectivity index (χ2n) is 0.889. The summed E-state index contributed by atoms with van der Waals surface area (Å²) in [5, 5.41) is 1.48. The first kappa shape index (κ1) is 5.27. The van der Waals surface area contributed by atoms with Crippen molar-refractivity contribution in [2.45, 2.75) is 13.3 Å². The third-order valence-electron chi connectivity index (χ3n) is 0.446. The molecule has 6 heavy (non-hydrogen) atoms. The van der Waals surface area contributed by atoms with Gasteiger partial charge in [0, 0.05) is 0 Å². The zero-order valence-electron chi connectivity index (χ0n) is 3.56. The topological polar surface area (TPSA) is 53.3 Å². The van der Waals surface area contributed by atoms with Gasteiger partial charge in [0.15, 0.2) is 0 Å². The molecule has 0 aliphatic heterocycles. The molecule has 0 spiro atoms. The number of hydrogen-bond donors (Lipinski definition) is 1. The Morgan fingerprint density at radius 3 is 2.50 bits per heavy atom. The molecule has 0 aliphatic carbocycles. The number of amides is 1. The summed E-state index contributed by atoms with van der Waals surface area (Å²) < 4.78 is 0. The smallest absolute Gasteiger partial charge is 0.374 e. The lowest BCUT2D eigenvalue weighted by Crippen LogP contribution is -2.68. The van der Waals surface area contributed by atoms with Gasteiger partial charge in [0.2, 0.25) is 0 Å². The fraction of sp³-hybridized carbons (Fsp3) is 0.667. The van der Waals surface area contributed by atoms with E-state index in [4.69, 9.17) is 5.53 Å². The molecule has 0 rings (SSSR count). The third kappa shape index (κ3) is 1.58. The summed E-state index contributed by atoms with van der Waals surface area (Å²) >= 11 is 0. The van der Waals surface area contributed by atoms with Crippen molar-refractivity contribution in [2.75, 3.05) is 0 Å². The predicted octanol–water partition coefficient (Wildman–Crippen LogP) is -0.975. The number of hydrogen-bond acceptors (Lipinski definition) is 1. The highest BCUT2D eigenvalue weighted by atomic mass is 16.1. The maximum absolute atomic E-state index is 9.82. The monoisotopic (exact) mass is 86.0 g/mol. The van der Waals surface area contributed by atoms with Crippen LogP contribution in [0.2, 0.25) is 0 Å². The van der Waals surface area contributed by atoms with Crippen molar-refractivity contribution < 1.29 is 9.91 Å². The largest absolute Gasteiger partial charge is 0.499 e. The normalized spacial score (nSPS) is 7.50. The molecule has 0 saturated heterocycles. The van der Waals surface area contributed by atoms with Gasteiger partial charge in [-0.3, -0.25) is 5.11 Å². The fourth-order valence-corrected chi connectivity index (χ4v) is 0.0791. The average molecular weight is 86.1 g/mol. The summed E-state index contributed by atoms with van der Waals surface area (Å²) in [6.45, 7) is 1.66. The Morgan fingerprint density at radius 1 is 2.00 bits per heavy atom. The number of carbonyl (C=O) groups is 1. The van der Waals surface area contributed by atoms with Crippen molar-refractivity contribution in [2.24, 2.45) is 0 Å². The molecule has 3 heteroatoms. The van der Waals surface area contributed by atoms with Crippen molar-refractivity contribution in [3.63, 3.8) is 0 Å². The van der Waals surface area contributed by atoms with Gasteiger partial charge in [-0.25, -0.2) is 4.79 Å². The molecule has 0 radical (unpaired) electrons. The molecule has 0 heterocycles. The summed E-state index contributed by atoms with van der Waals surface area (Å²) in [4.78, 5) is 9.82. The highest BCUT2D eigenvalue weighted by Crippen LogP contribution is 1.61. The molecule has 0 fully saturated rings. The van der Waals surface area contributed by atoms with E-state index >= 15 is 0 Å². The maximum Gasteiger partial charge on any atom is 0.374 e. The van der Waals surface area contributed by atoms with Crippen LogP contribution in [0, 0.1) is 0 Å². The van der Waals surface area contributed by atoms with Crippen LogP contribution in [-0.2, 0) is 4.79 Å². The lowest BCUT2D eigenvalue weighted by Gasteiger charge is -1.73. The molecule has 0 unspecified atom stereocenters. The molecule has 0 bridgehead atoms. The number of carbonyl (C=O) groups excluding carboxylic acids is 1. The van der Waals surface area contributed by atoms with E-state index in [2.05, 4.69) is 0 Å². The van der Waals surface area contributed by atoms with Gasteiger partial charge in [-0.05, 0) is 0 Å². The van der Waals surface area contributed by atoms with Crippen LogP contribution in [0.4, 0.5) is 0 Å². The molecule has 1 N–H and O–H groups in total. The van der Waals surface area contributed by atoms with E-state index in [1.54, 1.807) is 6.92 Å². The molecule has 0 aromatic rings. The van der Waals surface area contributed by atoms with Crippen molar-refractivity contribution in [1.82, 2.24) is 0 Å². The first-order chi connectivity index (χ1) is 2.81. The van der Waals surface area contributed by atoms with Crippen LogP contribution in [0.15, 0.2) is 0 Å². The van der Waals surface area contributed by atoms with Crippen LogP contribution >= 0.6 is 0 Å². The second-order valence-corrected chi connectivity index (χ2v) is 0.889. The number of nitrogens with zero attached hydrogens (tertiary/aromatic N) is 1. The molecule has 3 nitrogen and oxygen atoms in total. The highest BCUT2D eigenvalue weighted by molar-refractivity contribution is 5.64. The van der Waals surface area contributed by atoms with E-state index in [9.17, 15) is 4.79 Å². The summed E-state index contributed by atoms with van der Waals surface area (Å²) in [6, 6.07) is 0. The fourth-order valence-electron chi connectivity index (χ4n) is 0.0791. The minimum Gasteiger partial charge on any atom is -0.499 e. The van der Waals surface area contributed by atoms with Gasteiger partial charge in [-0.2, -0.15) is 0 Å². The van der Waals surface area contributed by atoms with E-state index in [0.717, 1.165) is 0 Å². The van der Waals surface area contributed by atoms with Crippen molar-refractivity contribution >= 4 is 5.91 Å². The summed E-state index contributed by atoms with van der Waals surface area (Å²) in [5.74, 6) is -0.352. The first-order valence-electron chi connectivity index (χ1n) is 1.74. The zero-order valence-corrected chi connectivity index (χ0v) is 3.56. The van der Waals surface area contributed by atoms with Crippen LogP contribution in [-0.4, -0.2) is 5.91 Å². The van der Waals surface area contributed by atoms with Gasteiger partial charge < -0.3 is 5.53 Å². The average Bonchev–Trinajstić information content (AvgIpc) is 1.65. The van der Waals surface area contributed by atoms with Crippen LogP contribution in [0.3, 0.4) is 0 Å². The van der Waals surface area contributed by atoms with Gasteiger partial charge in [0.25, 0.3) is 0 Å². The molecular formula is C3H6N2O. The van der Waals surface area contributed by atoms with E-state index in [0.29, 0.717) is 6.42 Å². The van der Waals surface area contributed by atoms with Crippen molar-refractivity contribution in [1.29, 1.82) is 0 Å². The molecule has 0 aromatic heterocycles. The van der Waals surface area contributed by atoms with E-state index in [1.165, 1.54) is 5.11 Å². The highest BCUT2D eigenvalue weighted by Gasteiger charge is 1.89. The van der Waals surface area contributed by atoms with Gasteiger partial charge in [0.05, 0.1) is 6.42 Å². The van der Waals surface area contributed by atoms with Crippen molar-refractivity contribution in [3.05, 3.63) is 5.53 Å². The van der Waals surface area contributed by atoms with Crippen LogP contribution < -0.4 is 5.11 Å². The van der Waals surface area contributed by atoms with Gasteiger partial charge >= 0.3 is 5.91 Å². The predicted molar refractivity (Wildman–Crippen MR) is 19.6 cm³/mol. The molecule has 0 saturated carbocycles. The van der Waals surface area contributed by atoms with Gasteiger partial charge in [-0.1, -0.05) is 6.92 Å². The molecule has 0 aliphatic rings. The zero-order chi connectivity index (χ0) is 4.99.